The minimum atomic E-state index is 0. The zero-order chi connectivity index (χ0) is 12.4. The predicted octanol–water partition coefficient (Wildman–Crippen LogP) is 3.22. The van der Waals surface area contributed by atoms with Gasteiger partial charge in [0.05, 0.1) is 5.69 Å². The van der Waals surface area contributed by atoms with Crippen LogP contribution in [0.5, 0.6) is 0 Å². The van der Waals surface area contributed by atoms with Crippen molar-refractivity contribution in [2.45, 2.75) is 25.4 Å². The fourth-order valence-electron chi connectivity index (χ4n) is 2.48. The molecule has 1 saturated heterocycles. The van der Waals surface area contributed by atoms with Gasteiger partial charge in [-0.2, -0.15) is 11.3 Å². The lowest BCUT2D eigenvalue weighted by Crippen LogP contribution is -2.34. The summed E-state index contributed by atoms with van der Waals surface area (Å²) in [6, 6.07) is 2.68. The molecule has 0 radical (unpaired) electrons. The van der Waals surface area contributed by atoms with Gasteiger partial charge in [-0.25, -0.2) is 4.98 Å². The van der Waals surface area contributed by atoms with Crippen molar-refractivity contribution < 1.29 is 0 Å². The fraction of sp³-hybridized carbons (Fsp3) is 0.462. The maximum absolute atomic E-state index is 5.80. The monoisotopic (exact) mass is 315 g/mol. The van der Waals surface area contributed by atoms with E-state index in [2.05, 4.69) is 27.1 Å². The highest BCUT2D eigenvalue weighted by Gasteiger charge is 2.23. The van der Waals surface area contributed by atoms with Crippen molar-refractivity contribution in [3.8, 4) is 10.6 Å². The van der Waals surface area contributed by atoms with Gasteiger partial charge in [0.15, 0.2) is 0 Å². The SMILES string of the molecule is Cl.NCC1CCCN1Cc1csc(-c2ccsc2)n1. The van der Waals surface area contributed by atoms with Gasteiger partial charge in [0.1, 0.15) is 5.01 Å². The van der Waals surface area contributed by atoms with Crippen molar-refractivity contribution in [2.75, 3.05) is 13.1 Å². The molecule has 2 aromatic rings. The Hall–Kier alpha value is -0.460. The van der Waals surface area contributed by atoms with E-state index in [4.69, 9.17) is 10.7 Å². The zero-order valence-electron chi connectivity index (χ0n) is 10.6. The van der Waals surface area contributed by atoms with Gasteiger partial charge in [0.25, 0.3) is 0 Å². The molecule has 0 spiro atoms. The van der Waals surface area contributed by atoms with Crippen molar-refractivity contribution in [2.24, 2.45) is 5.73 Å². The molecule has 0 aromatic carbocycles. The van der Waals surface area contributed by atoms with Gasteiger partial charge >= 0.3 is 0 Å². The molecule has 104 valence electrons. The molecular formula is C13H18ClN3S2. The lowest BCUT2D eigenvalue weighted by Gasteiger charge is -2.21. The van der Waals surface area contributed by atoms with E-state index in [-0.39, 0.29) is 12.4 Å². The summed E-state index contributed by atoms with van der Waals surface area (Å²) in [5.74, 6) is 0. The lowest BCUT2D eigenvalue weighted by molar-refractivity contribution is 0.248. The van der Waals surface area contributed by atoms with E-state index in [0.29, 0.717) is 6.04 Å². The van der Waals surface area contributed by atoms with E-state index in [9.17, 15) is 0 Å². The third-order valence-corrected chi connectivity index (χ3v) is 5.08. The van der Waals surface area contributed by atoms with E-state index in [1.807, 2.05) is 0 Å². The number of likely N-dealkylation sites (tertiary alicyclic amines) is 1. The number of thiazole rings is 1. The molecule has 1 unspecified atom stereocenters. The summed E-state index contributed by atoms with van der Waals surface area (Å²) in [6.45, 7) is 2.87. The molecule has 2 N–H and O–H groups in total. The van der Waals surface area contributed by atoms with Gasteiger partial charge in [0, 0.05) is 35.5 Å². The maximum atomic E-state index is 5.80. The quantitative estimate of drug-likeness (QED) is 0.942. The molecule has 1 atom stereocenters. The second-order valence-corrected chi connectivity index (χ2v) is 6.30. The highest BCUT2D eigenvalue weighted by molar-refractivity contribution is 7.14. The van der Waals surface area contributed by atoms with Crippen LogP contribution in [0.2, 0.25) is 0 Å². The summed E-state index contributed by atoms with van der Waals surface area (Å²) in [5.41, 5.74) is 8.23. The normalized spacial score (nSPS) is 19.5. The molecule has 0 saturated carbocycles. The van der Waals surface area contributed by atoms with Crippen molar-refractivity contribution >= 4 is 35.1 Å². The van der Waals surface area contributed by atoms with Crippen LogP contribution in [0.15, 0.2) is 22.2 Å². The number of aromatic nitrogens is 1. The number of nitrogens with two attached hydrogens (primary N) is 1. The third kappa shape index (κ3) is 3.35. The Bertz CT molecular complexity index is 498. The minimum Gasteiger partial charge on any atom is -0.329 e. The van der Waals surface area contributed by atoms with E-state index in [1.165, 1.54) is 24.1 Å². The second kappa shape index (κ2) is 6.81. The number of nitrogens with zero attached hydrogens (tertiary/aromatic N) is 2. The van der Waals surface area contributed by atoms with Crippen molar-refractivity contribution in [1.82, 2.24) is 9.88 Å². The van der Waals surface area contributed by atoms with Crippen LogP contribution in [-0.4, -0.2) is 29.0 Å². The topological polar surface area (TPSA) is 42.1 Å². The molecule has 0 aliphatic carbocycles. The molecule has 19 heavy (non-hydrogen) atoms. The summed E-state index contributed by atoms with van der Waals surface area (Å²) in [7, 11) is 0. The first-order valence-corrected chi connectivity index (χ1v) is 8.10. The molecule has 3 rings (SSSR count). The van der Waals surface area contributed by atoms with Crippen molar-refractivity contribution in [3.63, 3.8) is 0 Å². The molecular weight excluding hydrogens is 298 g/mol. The standard InChI is InChI=1S/C13H17N3S2.ClH/c14-6-12-2-1-4-16(12)7-11-9-18-13(15-11)10-3-5-17-8-10;/h3,5,8-9,12H,1-2,4,6-7,14H2;1H. The molecule has 0 bridgehead atoms. The predicted molar refractivity (Wildman–Crippen MR) is 85.2 cm³/mol. The highest BCUT2D eigenvalue weighted by Crippen LogP contribution is 2.27. The Labute approximate surface area is 127 Å². The highest BCUT2D eigenvalue weighted by atomic mass is 35.5. The van der Waals surface area contributed by atoms with Crippen molar-refractivity contribution in [1.29, 1.82) is 0 Å². The Kier molecular flexibility index (Phi) is 5.36. The van der Waals surface area contributed by atoms with Gasteiger partial charge < -0.3 is 5.73 Å². The van der Waals surface area contributed by atoms with E-state index >= 15 is 0 Å². The van der Waals surface area contributed by atoms with Crippen LogP contribution in [0.3, 0.4) is 0 Å². The lowest BCUT2D eigenvalue weighted by atomic mass is 10.2. The number of thiophene rings is 1. The average Bonchev–Trinajstić information content (AvgIpc) is 3.10. The summed E-state index contributed by atoms with van der Waals surface area (Å²) in [5, 5.41) is 7.57. The first-order chi connectivity index (χ1) is 8.86. The van der Waals surface area contributed by atoms with E-state index in [0.717, 1.165) is 24.6 Å². The maximum Gasteiger partial charge on any atom is 0.124 e. The molecule has 3 heterocycles. The smallest absolute Gasteiger partial charge is 0.124 e. The first kappa shape index (κ1) is 14.9. The number of rotatable bonds is 4. The third-order valence-electron chi connectivity index (χ3n) is 3.46. The molecule has 1 fully saturated rings. The zero-order valence-corrected chi connectivity index (χ0v) is 13.1. The summed E-state index contributed by atoms with van der Waals surface area (Å²) < 4.78 is 0. The van der Waals surface area contributed by atoms with Crippen LogP contribution in [0.25, 0.3) is 10.6 Å². The van der Waals surface area contributed by atoms with Crippen LogP contribution in [-0.2, 0) is 6.54 Å². The van der Waals surface area contributed by atoms with Gasteiger partial charge in [-0.3, -0.25) is 4.90 Å². The van der Waals surface area contributed by atoms with Crippen LogP contribution >= 0.6 is 35.1 Å². The average molecular weight is 316 g/mol. The second-order valence-electron chi connectivity index (χ2n) is 4.66. The van der Waals surface area contributed by atoms with Crippen LogP contribution < -0.4 is 5.73 Å². The molecule has 1 aliphatic rings. The summed E-state index contributed by atoms with van der Waals surface area (Å²) in [4.78, 5) is 7.19. The van der Waals surface area contributed by atoms with E-state index in [1.54, 1.807) is 22.7 Å². The molecule has 2 aromatic heterocycles. The first-order valence-electron chi connectivity index (χ1n) is 6.28. The van der Waals surface area contributed by atoms with Gasteiger partial charge in [0.2, 0.25) is 0 Å². The van der Waals surface area contributed by atoms with Crippen LogP contribution in [0, 0.1) is 0 Å². The Morgan fingerprint density at radius 1 is 1.42 bits per heavy atom. The Morgan fingerprint density at radius 2 is 2.32 bits per heavy atom. The molecule has 0 amide bonds. The molecule has 6 heteroatoms. The van der Waals surface area contributed by atoms with Gasteiger partial charge in [-0.15, -0.1) is 23.7 Å². The summed E-state index contributed by atoms with van der Waals surface area (Å²) in [6.07, 6.45) is 2.50. The molecule has 3 nitrogen and oxygen atoms in total. The summed E-state index contributed by atoms with van der Waals surface area (Å²) >= 11 is 3.46. The Balaban J connectivity index is 0.00000133. The van der Waals surface area contributed by atoms with Gasteiger partial charge in [-0.1, -0.05) is 0 Å². The number of hydrogen-bond donors (Lipinski definition) is 1. The van der Waals surface area contributed by atoms with Crippen LogP contribution in [0.4, 0.5) is 0 Å². The van der Waals surface area contributed by atoms with E-state index < -0.39 is 0 Å². The fourth-order valence-corrected chi connectivity index (χ4v) is 4.00. The van der Waals surface area contributed by atoms with Gasteiger partial charge in [-0.05, 0) is 30.8 Å². The Morgan fingerprint density at radius 3 is 3.05 bits per heavy atom. The minimum absolute atomic E-state index is 0. The number of hydrogen-bond acceptors (Lipinski definition) is 5. The van der Waals surface area contributed by atoms with Crippen molar-refractivity contribution in [3.05, 3.63) is 27.9 Å². The van der Waals surface area contributed by atoms with Crippen LogP contribution in [0.1, 0.15) is 18.5 Å². The molecule has 1 aliphatic heterocycles. The largest absolute Gasteiger partial charge is 0.329 e. The number of halogens is 1.